The van der Waals surface area contributed by atoms with Gasteiger partial charge >= 0.3 is 0 Å². The van der Waals surface area contributed by atoms with Crippen molar-refractivity contribution in [1.82, 2.24) is 15.2 Å². The molecule has 92 valence electrons. The van der Waals surface area contributed by atoms with Crippen LogP contribution in [-0.2, 0) is 7.05 Å². The maximum atomic E-state index is 12.1. The first-order valence-electron chi connectivity index (χ1n) is 6.40. The minimum absolute atomic E-state index is 0.0591. The first kappa shape index (κ1) is 10.8. The van der Waals surface area contributed by atoms with Crippen molar-refractivity contribution in [3.8, 4) is 0 Å². The molecule has 3 heterocycles. The highest BCUT2D eigenvalue weighted by Crippen LogP contribution is 2.26. The predicted molar refractivity (Wildman–Crippen MR) is 65.8 cm³/mol. The Hall–Kier alpha value is -1.29. The summed E-state index contributed by atoms with van der Waals surface area (Å²) in [5.74, 6) is 0.0591. The molecule has 4 heteroatoms. The van der Waals surface area contributed by atoms with Gasteiger partial charge in [-0.25, -0.2) is 0 Å². The zero-order chi connectivity index (χ0) is 11.8. The van der Waals surface area contributed by atoms with Gasteiger partial charge < -0.3 is 15.2 Å². The number of carbonyl (C=O) groups is 1. The van der Waals surface area contributed by atoms with Gasteiger partial charge in [0.05, 0.1) is 0 Å². The van der Waals surface area contributed by atoms with E-state index in [0.717, 1.165) is 18.5 Å². The average molecular weight is 233 g/mol. The van der Waals surface area contributed by atoms with Gasteiger partial charge in [-0.1, -0.05) is 0 Å². The van der Waals surface area contributed by atoms with Gasteiger partial charge in [0.25, 0.3) is 5.91 Å². The second-order valence-corrected chi connectivity index (χ2v) is 5.28. The number of rotatable bonds is 2. The summed E-state index contributed by atoms with van der Waals surface area (Å²) in [6.45, 7) is 0. The van der Waals surface area contributed by atoms with Gasteiger partial charge in [0.1, 0.15) is 5.69 Å². The Kier molecular flexibility index (Phi) is 2.67. The highest BCUT2D eigenvalue weighted by molar-refractivity contribution is 5.92. The van der Waals surface area contributed by atoms with E-state index >= 15 is 0 Å². The van der Waals surface area contributed by atoms with E-state index in [-0.39, 0.29) is 5.91 Å². The molecule has 2 atom stereocenters. The van der Waals surface area contributed by atoms with Gasteiger partial charge in [-0.15, -0.1) is 0 Å². The fraction of sp³-hybridized carbons (Fsp3) is 0.615. The lowest BCUT2D eigenvalue weighted by Crippen LogP contribution is -2.48. The van der Waals surface area contributed by atoms with Crippen molar-refractivity contribution in [3.63, 3.8) is 0 Å². The van der Waals surface area contributed by atoms with Crippen molar-refractivity contribution in [1.29, 1.82) is 0 Å². The van der Waals surface area contributed by atoms with Crippen LogP contribution in [0.1, 0.15) is 36.2 Å². The van der Waals surface area contributed by atoms with Gasteiger partial charge in [0.2, 0.25) is 0 Å². The fourth-order valence-corrected chi connectivity index (χ4v) is 3.13. The van der Waals surface area contributed by atoms with Gasteiger partial charge in [-0.3, -0.25) is 4.79 Å². The van der Waals surface area contributed by atoms with Crippen molar-refractivity contribution in [2.24, 2.45) is 7.05 Å². The lowest BCUT2D eigenvalue weighted by molar-refractivity contribution is 0.0915. The van der Waals surface area contributed by atoms with E-state index in [4.69, 9.17) is 0 Å². The Morgan fingerprint density at radius 1 is 1.41 bits per heavy atom. The van der Waals surface area contributed by atoms with Gasteiger partial charge in [0.15, 0.2) is 0 Å². The summed E-state index contributed by atoms with van der Waals surface area (Å²) < 4.78 is 1.87. The molecule has 1 amide bonds. The number of amides is 1. The van der Waals surface area contributed by atoms with Crippen LogP contribution in [0, 0.1) is 0 Å². The Bertz CT molecular complexity index is 414. The smallest absolute Gasteiger partial charge is 0.268 e. The average Bonchev–Trinajstić information content (AvgIpc) is 2.85. The summed E-state index contributed by atoms with van der Waals surface area (Å²) in [4.78, 5) is 12.1. The highest BCUT2D eigenvalue weighted by Gasteiger charge is 2.34. The molecule has 4 nitrogen and oxygen atoms in total. The third-order valence-corrected chi connectivity index (χ3v) is 3.98. The number of fused-ring (bicyclic) bond motifs is 2. The van der Waals surface area contributed by atoms with E-state index in [1.807, 2.05) is 29.9 Å². The van der Waals surface area contributed by atoms with Crippen LogP contribution in [-0.4, -0.2) is 28.6 Å². The molecule has 0 aromatic carbocycles. The van der Waals surface area contributed by atoms with Crippen LogP contribution in [0.3, 0.4) is 0 Å². The number of aromatic nitrogens is 1. The second kappa shape index (κ2) is 4.18. The third kappa shape index (κ3) is 2.09. The first-order chi connectivity index (χ1) is 8.22. The lowest BCUT2D eigenvalue weighted by atomic mass is 10.00. The van der Waals surface area contributed by atoms with Crippen LogP contribution in [0.15, 0.2) is 18.3 Å². The second-order valence-electron chi connectivity index (χ2n) is 5.28. The molecule has 0 spiro atoms. The topological polar surface area (TPSA) is 46.1 Å². The van der Waals surface area contributed by atoms with Crippen molar-refractivity contribution in [3.05, 3.63) is 24.0 Å². The highest BCUT2D eigenvalue weighted by atomic mass is 16.2. The van der Waals surface area contributed by atoms with Gasteiger partial charge in [-0.2, -0.15) is 0 Å². The molecule has 0 radical (unpaired) electrons. The molecule has 1 aromatic rings. The minimum Gasteiger partial charge on any atom is -0.348 e. The van der Waals surface area contributed by atoms with Crippen LogP contribution in [0.2, 0.25) is 0 Å². The standard InChI is InChI=1S/C13H19N3O/c1-16-6-2-3-12(16)13(17)15-11-7-9-4-5-10(8-11)14-9/h2-3,6,9-11,14H,4-5,7-8H2,1H3,(H,15,17). The van der Waals surface area contributed by atoms with Crippen molar-refractivity contribution in [2.45, 2.75) is 43.8 Å². The molecule has 17 heavy (non-hydrogen) atoms. The molecule has 2 unspecified atom stereocenters. The summed E-state index contributed by atoms with van der Waals surface area (Å²) in [5, 5.41) is 6.75. The van der Waals surface area contributed by atoms with E-state index in [9.17, 15) is 4.79 Å². The molecule has 2 saturated heterocycles. The minimum atomic E-state index is 0.0591. The largest absolute Gasteiger partial charge is 0.348 e. The number of nitrogens with one attached hydrogen (secondary N) is 2. The van der Waals surface area contributed by atoms with Crippen molar-refractivity contribution >= 4 is 5.91 Å². The zero-order valence-electron chi connectivity index (χ0n) is 10.1. The molecule has 2 aliphatic heterocycles. The number of carbonyl (C=O) groups excluding carboxylic acids is 1. The number of hydrogen-bond acceptors (Lipinski definition) is 2. The van der Waals surface area contributed by atoms with Gasteiger partial charge in [0, 0.05) is 31.4 Å². The number of hydrogen-bond donors (Lipinski definition) is 2. The molecular formula is C13H19N3O. The monoisotopic (exact) mass is 233 g/mol. The molecule has 0 saturated carbocycles. The molecule has 2 N–H and O–H groups in total. The number of piperidine rings is 1. The third-order valence-electron chi connectivity index (χ3n) is 3.98. The summed E-state index contributed by atoms with van der Waals surface area (Å²) in [6.07, 6.45) is 6.59. The molecule has 0 aliphatic carbocycles. The van der Waals surface area contributed by atoms with E-state index in [2.05, 4.69) is 10.6 Å². The maximum Gasteiger partial charge on any atom is 0.268 e. The van der Waals surface area contributed by atoms with E-state index in [1.165, 1.54) is 12.8 Å². The van der Waals surface area contributed by atoms with Crippen molar-refractivity contribution < 1.29 is 4.79 Å². The van der Waals surface area contributed by atoms with E-state index < -0.39 is 0 Å². The van der Waals surface area contributed by atoms with Crippen LogP contribution in [0.25, 0.3) is 0 Å². The zero-order valence-corrected chi connectivity index (χ0v) is 10.1. The summed E-state index contributed by atoms with van der Waals surface area (Å²) in [7, 11) is 1.90. The summed E-state index contributed by atoms with van der Waals surface area (Å²) in [5.41, 5.74) is 0.746. The summed E-state index contributed by atoms with van der Waals surface area (Å²) in [6, 6.07) is 5.35. The molecule has 2 aliphatic rings. The Balaban J connectivity index is 1.64. The van der Waals surface area contributed by atoms with Crippen LogP contribution >= 0.6 is 0 Å². The van der Waals surface area contributed by atoms with Crippen LogP contribution < -0.4 is 10.6 Å². The number of nitrogens with zero attached hydrogens (tertiary/aromatic N) is 1. The van der Waals surface area contributed by atoms with Crippen LogP contribution in [0.4, 0.5) is 0 Å². The molecule has 1 aromatic heterocycles. The normalized spacial score (nSPS) is 31.5. The van der Waals surface area contributed by atoms with Gasteiger partial charge in [-0.05, 0) is 37.8 Å². The quantitative estimate of drug-likeness (QED) is 0.801. The van der Waals surface area contributed by atoms with Crippen molar-refractivity contribution in [2.75, 3.05) is 0 Å². The number of aryl methyl sites for hydroxylation is 1. The Morgan fingerprint density at radius 2 is 2.12 bits per heavy atom. The molecular weight excluding hydrogens is 214 g/mol. The summed E-state index contributed by atoms with van der Waals surface area (Å²) >= 11 is 0. The first-order valence-corrected chi connectivity index (χ1v) is 6.40. The lowest BCUT2D eigenvalue weighted by Gasteiger charge is -2.29. The predicted octanol–water partition coefficient (Wildman–Crippen LogP) is 1.04. The van der Waals surface area contributed by atoms with E-state index in [0.29, 0.717) is 18.1 Å². The van der Waals surface area contributed by atoms with E-state index in [1.54, 1.807) is 0 Å². The molecule has 3 rings (SSSR count). The maximum absolute atomic E-state index is 12.1. The molecule has 2 fully saturated rings. The SMILES string of the molecule is Cn1cccc1C(=O)NC1CC2CCC(C1)N2. The fourth-order valence-electron chi connectivity index (χ4n) is 3.13. The Labute approximate surface area is 101 Å². The molecule has 2 bridgehead atoms. The Morgan fingerprint density at radius 3 is 2.71 bits per heavy atom. The van der Waals surface area contributed by atoms with Crippen LogP contribution in [0.5, 0.6) is 0 Å².